The highest BCUT2D eigenvalue weighted by molar-refractivity contribution is 7.22. The summed E-state index contributed by atoms with van der Waals surface area (Å²) >= 11 is 1.77. The molecule has 3 heterocycles. The van der Waals surface area contributed by atoms with Crippen LogP contribution in [0.1, 0.15) is 0 Å². The average molecular weight is 785 g/mol. The number of nitrogens with zero attached hydrogens (tertiary/aromatic N) is 2. The van der Waals surface area contributed by atoms with Crippen molar-refractivity contribution in [2.75, 3.05) is 4.90 Å². The van der Waals surface area contributed by atoms with Crippen molar-refractivity contribution < 1.29 is 8.83 Å². The van der Waals surface area contributed by atoms with Gasteiger partial charge in [-0.2, -0.15) is 0 Å². The van der Waals surface area contributed by atoms with Crippen LogP contribution in [0.2, 0.25) is 0 Å². The summed E-state index contributed by atoms with van der Waals surface area (Å²) in [5.74, 6) is 0. The molecule has 5 heteroatoms. The van der Waals surface area contributed by atoms with Crippen LogP contribution in [-0.2, 0) is 0 Å². The SMILES string of the molecule is c1ccc(-c2nc3ccc4ccc5ccc(-c6ccc(N(c7ccc8c(c7)oc7ccccc78)c7ccc8oc9ccccc9c8c7)c7ccccc67)cc5c4c3s2)cc1. The number of hydrogen-bond donors (Lipinski definition) is 0. The van der Waals surface area contributed by atoms with E-state index >= 15 is 0 Å². The molecule has 13 aromatic rings. The number of anilines is 3. The Bertz CT molecular complexity index is 3860. The Kier molecular flexibility index (Phi) is 7.14. The van der Waals surface area contributed by atoms with Crippen molar-refractivity contribution >= 4 is 115 Å². The van der Waals surface area contributed by atoms with E-state index in [9.17, 15) is 0 Å². The molecule has 0 atom stereocenters. The molecule has 0 saturated heterocycles. The summed E-state index contributed by atoms with van der Waals surface area (Å²) in [6, 6.07) is 69.2. The Balaban J connectivity index is 1.02. The molecule has 60 heavy (non-hydrogen) atoms. The van der Waals surface area contributed by atoms with Gasteiger partial charge in [-0.1, -0.05) is 127 Å². The van der Waals surface area contributed by atoms with Crippen molar-refractivity contribution in [3.05, 3.63) is 194 Å². The zero-order valence-electron chi connectivity index (χ0n) is 32.1. The Morgan fingerprint density at radius 2 is 1.03 bits per heavy atom. The lowest BCUT2D eigenvalue weighted by molar-refractivity contribution is 0.668. The molecule has 280 valence electrons. The van der Waals surface area contributed by atoms with Crippen LogP contribution in [0.4, 0.5) is 17.1 Å². The van der Waals surface area contributed by atoms with Gasteiger partial charge < -0.3 is 13.7 Å². The minimum atomic E-state index is 0.851. The summed E-state index contributed by atoms with van der Waals surface area (Å²) < 4.78 is 14.0. The first-order valence-electron chi connectivity index (χ1n) is 20.2. The maximum Gasteiger partial charge on any atom is 0.137 e. The van der Waals surface area contributed by atoms with Crippen molar-refractivity contribution in [2.24, 2.45) is 0 Å². The molecule has 10 aromatic carbocycles. The lowest BCUT2D eigenvalue weighted by Gasteiger charge is -2.27. The van der Waals surface area contributed by atoms with Crippen LogP contribution in [0.5, 0.6) is 0 Å². The van der Waals surface area contributed by atoms with Crippen LogP contribution in [0.3, 0.4) is 0 Å². The van der Waals surface area contributed by atoms with Gasteiger partial charge in [-0.3, -0.25) is 0 Å². The first-order valence-corrected chi connectivity index (χ1v) is 21.0. The standard InChI is InChI=1S/C55H32N2O2S/c1-2-10-35(11-3-1)55-56-47-27-22-34-20-18-33-19-21-36(30-45(33)53(34)54(47)60-55)39-26-28-48(41-13-5-4-12-40(39)41)57(37-24-29-51-46(31-37)43-15-7-9-17-50(43)58-51)38-23-25-44-42-14-6-8-16-49(42)59-52(44)32-38/h1-32H. The molecule has 0 radical (unpaired) electrons. The van der Waals surface area contributed by atoms with Gasteiger partial charge in [0.05, 0.1) is 15.9 Å². The molecule has 0 N–H and O–H groups in total. The molecule has 0 aliphatic rings. The lowest BCUT2D eigenvalue weighted by atomic mass is 9.93. The normalized spacial score (nSPS) is 12.0. The largest absolute Gasteiger partial charge is 0.456 e. The fourth-order valence-corrected chi connectivity index (χ4v) is 10.4. The smallest absolute Gasteiger partial charge is 0.137 e. The van der Waals surface area contributed by atoms with Gasteiger partial charge in [-0.25, -0.2) is 4.98 Å². The number of fused-ring (bicyclic) bond motifs is 12. The Labute approximate surface area is 347 Å². The minimum Gasteiger partial charge on any atom is -0.456 e. The molecule has 13 rings (SSSR count). The maximum absolute atomic E-state index is 6.47. The summed E-state index contributed by atoms with van der Waals surface area (Å²) in [7, 11) is 0. The van der Waals surface area contributed by atoms with Crippen molar-refractivity contribution in [1.82, 2.24) is 4.98 Å². The minimum absolute atomic E-state index is 0.851. The highest BCUT2D eigenvalue weighted by Crippen LogP contribution is 2.46. The first-order chi connectivity index (χ1) is 29.7. The van der Waals surface area contributed by atoms with E-state index in [-0.39, 0.29) is 0 Å². The van der Waals surface area contributed by atoms with E-state index in [4.69, 9.17) is 13.8 Å². The monoisotopic (exact) mass is 784 g/mol. The van der Waals surface area contributed by atoms with Gasteiger partial charge in [0.15, 0.2) is 0 Å². The number of para-hydroxylation sites is 2. The van der Waals surface area contributed by atoms with E-state index in [1.54, 1.807) is 11.3 Å². The van der Waals surface area contributed by atoms with Gasteiger partial charge in [0.1, 0.15) is 27.3 Å². The molecule has 0 fully saturated rings. The summed E-state index contributed by atoms with van der Waals surface area (Å²) in [6.45, 7) is 0. The molecular weight excluding hydrogens is 753 g/mol. The molecule has 0 unspecified atom stereocenters. The lowest BCUT2D eigenvalue weighted by Crippen LogP contribution is -2.10. The third-order valence-corrected chi connectivity index (χ3v) is 13.2. The quantitative estimate of drug-likeness (QED) is 0.163. The Morgan fingerprint density at radius 3 is 1.88 bits per heavy atom. The zero-order valence-corrected chi connectivity index (χ0v) is 32.9. The number of thiazole rings is 1. The topological polar surface area (TPSA) is 42.4 Å². The number of rotatable bonds is 5. The number of aromatic nitrogens is 1. The fourth-order valence-electron chi connectivity index (χ4n) is 9.26. The van der Waals surface area contributed by atoms with Crippen molar-refractivity contribution in [3.8, 4) is 21.7 Å². The number of hydrogen-bond acceptors (Lipinski definition) is 5. The molecular formula is C55H32N2O2S. The summed E-state index contributed by atoms with van der Waals surface area (Å²) in [5, 5.41) is 12.7. The van der Waals surface area contributed by atoms with Gasteiger partial charge in [0, 0.05) is 55.3 Å². The Hall–Kier alpha value is -7.73. The van der Waals surface area contributed by atoms with E-state index in [1.807, 2.05) is 24.3 Å². The predicted molar refractivity (Wildman–Crippen MR) is 252 cm³/mol. The van der Waals surface area contributed by atoms with E-state index < -0.39 is 0 Å². The van der Waals surface area contributed by atoms with Gasteiger partial charge in [0.2, 0.25) is 0 Å². The molecule has 0 amide bonds. The average Bonchev–Trinajstić information content (AvgIpc) is 4.02. The molecule has 0 bridgehead atoms. The third kappa shape index (κ3) is 5.06. The Morgan fingerprint density at radius 1 is 0.400 bits per heavy atom. The number of benzene rings is 10. The van der Waals surface area contributed by atoms with E-state index in [1.165, 1.54) is 42.8 Å². The van der Waals surface area contributed by atoms with Crippen LogP contribution in [0.15, 0.2) is 203 Å². The predicted octanol–water partition coefficient (Wildman–Crippen LogP) is 16.4. The van der Waals surface area contributed by atoms with Gasteiger partial charge in [-0.05, 0) is 93.3 Å². The van der Waals surface area contributed by atoms with Crippen LogP contribution in [-0.4, -0.2) is 4.98 Å². The van der Waals surface area contributed by atoms with Crippen LogP contribution >= 0.6 is 11.3 Å². The molecule has 0 spiro atoms. The van der Waals surface area contributed by atoms with Crippen molar-refractivity contribution in [3.63, 3.8) is 0 Å². The maximum atomic E-state index is 6.47. The summed E-state index contributed by atoms with van der Waals surface area (Å²) in [6.07, 6.45) is 0. The second kappa shape index (κ2) is 12.9. The van der Waals surface area contributed by atoms with E-state index in [2.05, 4.69) is 175 Å². The highest BCUT2D eigenvalue weighted by atomic mass is 32.1. The van der Waals surface area contributed by atoms with Crippen LogP contribution in [0, 0.1) is 0 Å². The summed E-state index contributed by atoms with van der Waals surface area (Å²) in [5.41, 5.74) is 11.1. The third-order valence-electron chi connectivity index (χ3n) is 12.1. The molecule has 0 aliphatic carbocycles. The second-order valence-electron chi connectivity index (χ2n) is 15.5. The van der Waals surface area contributed by atoms with E-state index in [0.717, 1.165) is 82.4 Å². The van der Waals surface area contributed by atoms with Crippen molar-refractivity contribution in [1.29, 1.82) is 0 Å². The molecule has 3 aromatic heterocycles. The van der Waals surface area contributed by atoms with Gasteiger partial charge in [0.25, 0.3) is 0 Å². The number of furan rings is 2. The van der Waals surface area contributed by atoms with E-state index in [0.29, 0.717) is 0 Å². The van der Waals surface area contributed by atoms with Crippen LogP contribution in [0.25, 0.3) is 108 Å². The second-order valence-corrected chi connectivity index (χ2v) is 16.5. The first kappa shape index (κ1) is 33.3. The van der Waals surface area contributed by atoms with Gasteiger partial charge in [-0.15, -0.1) is 11.3 Å². The molecule has 0 saturated carbocycles. The van der Waals surface area contributed by atoms with Crippen molar-refractivity contribution in [2.45, 2.75) is 0 Å². The van der Waals surface area contributed by atoms with Crippen LogP contribution < -0.4 is 4.90 Å². The molecule has 0 aliphatic heterocycles. The summed E-state index contributed by atoms with van der Waals surface area (Å²) in [4.78, 5) is 7.46. The fraction of sp³-hybridized carbons (Fsp3) is 0. The molecule has 4 nitrogen and oxygen atoms in total. The highest BCUT2D eigenvalue weighted by Gasteiger charge is 2.21. The van der Waals surface area contributed by atoms with Gasteiger partial charge >= 0.3 is 0 Å². The zero-order chi connectivity index (χ0) is 39.3.